The summed E-state index contributed by atoms with van der Waals surface area (Å²) in [5.41, 5.74) is 4.50. The number of benzene rings is 1. The molecule has 0 bridgehead atoms. The molecule has 1 heterocycles. The summed E-state index contributed by atoms with van der Waals surface area (Å²) in [6.45, 7) is 3.34. The van der Waals surface area contributed by atoms with E-state index in [0.717, 1.165) is 11.3 Å². The largest absolute Gasteiger partial charge is 0.479 e. The number of halogens is 1. The highest BCUT2D eigenvalue weighted by molar-refractivity contribution is 7.13. The molecule has 0 saturated heterocycles. The predicted molar refractivity (Wildman–Crippen MR) is 87.2 cm³/mol. The summed E-state index contributed by atoms with van der Waals surface area (Å²) in [5, 5.41) is 15.8. The van der Waals surface area contributed by atoms with Gasteiger partial charge in [-0.1, -0.05) is 11.6 Å². The Labute approximate surface area is 136 Å². The molecule has 116 valence electrons. The van der Waals surface area contributed by atoms with Gasteiger partial charge < -0.3 is 9.84 Å². The maximum atomic E-state index is 10.8. The average Bonchev–Trinajstić information content (AvgIpc) is 2.87. The third-order valence-corrected chi connectivity index (χ3v) is 3.76. The van der Waals surface area contributed by atoms with E-state index in [4.69, 9.17) is 21.4 Å². The van der Waals surface area contributed by atoms with Crippen molar-refractivity contribution in [1.29, 1.82) is 0 Å². The SMILES string of the molecule is Cc1csc(NN=Cc2ccc(OC(C)C(=O)O)c(Cl)c2)n1. The fraction of sp³-hybridized carbons (Fsp3) is 0.214. The highest BCUT2D eigenvalue weighted by Crippen LogP contribution is 2.26. The minimum atomic E-state index is -1.05. The number of aliphatic carboxylic acids is 1. The molecule has 6 nitrogen and oxygen atoms in total. The lowest BCUT2D eigenvalue weighted by atomic mass is 10.2. The summed E-state index contributed by atoms with van der Waals surface area (Å²) in [7, 11) is 0. The first-order valence-corrected chi connectivity index (χ1v) is 7.61. The van der Waals surface area contributed by atoms with Crippen LogP contribution in [0.3, 0.4) is 0 Å². The van der Waals surface area contributed by atoms with Crippen LogP contribution in [0.1, 0.15) is 18.2 Å². The van der Waals surface area contributed by atoms with E-state index in [1.807, 2.05) is 12.3 Å². The Bertz CT molecular complexity index is 702. The molecule has 1 aromatic heterocycles. The van der Waals surface area contributed by atoms with E-state index in [9.17, 15) is 4.79 Å². The van der Waals surface area contributed by atoms with E-state index in [2.05, 4.69) is 15.5 Å². The van der Waals surface area contributed by atoms with Gasteiger partial charge in [-0.25, -0.2) is 9.78 Å². The van der Waals surface area contributed by atoms with Crippen molar-refractivity contribution in [3.05, 3.63) is 39.9 Å². The summed E-state index contributed by atoms with van der Waals surface area (Å²) in [4.78, 5) is 15.0. The Morgan fingerprint density at radius 1 is 1.59 bits per heavy atom. The molecule has 0 radical (unpaired) electrons. The van der Waals surface area contributed by atoms with Crippen LogP contribution in [0.5, 0.6) is 5.75 Å². The van der Waals surface area contributed by atoms with Gasteiger partial charge in [0.15, 0.2) is 6.10 Å². The normalized spacial score (nSPS) is 12.3. The van der Waals surface area contributed by atoms with Crippen LogP contribution in [0.15, 0.2) is 28.7 Å². The van der Waals surface area contributed by atoms with E-state index in [1.54, 1.807) is 24.4 Å². The first-order valence-electron chi connectivity index (χ1n) is 6.36. The van der Waals surface area contributed by atoms with Gasteiger partial charge in [0.1, 0.15) is 5.75 Å². The van der Waals surface area contributed by atoms with Crippen molar-refractivity contribution >= 4 is 40.3 Å². The standard InChI is InChI=1S/C14H14ClN3O3S/c1-8-7-22-14(17-8)18-16-6-10-3-4-12(11(15)5-10)21-9(2)13(19)20/h3-7,9H,1-2H3,(H,17,18)(H,19,20). The van der Waals surface area contributed by atoms with Crippen LogP contribution in [0.2, 0.25) is 5.02 Å². The fourth-order valence-corrected chi connectivity index (χ4v) is 2.37. The number of carbonyl (C=O) groups is 1. The van der Waals surface area contributed by atoms with Crippen LogP contribution >= 0.6 is 22.9 Å². The lowest BCUT2D eigenvalue weighted by molar-refractivity contribution is -0.144. The van der Waals surface area contributed by atoms with Gasteiger partial charge in [0.05, 0.1) is 16.9 Å². The molecule has 0 aliphatic carbocycles. The summed E-state index contributed by atoms with van der Waals surface area (Å²) >= 11 is 7.53. The zero-order valence-corrected chi connectivity index (χ0v) is 13.5. The van der Waals surface area contributed by atoms with Gasteiger partial charge in [-0.3, -0.25) is 5.43 Å². The number of anilines is 1. The van der Waals surface area contributed by atoms with Crippen molar-refractivity contribution in [3.8, 4) is 5.75 Å². The smallest absolute Gasteiger partial charge is 0.344 e. The quantitative estimate of drug-likeness (QED) is 0.622. The minimum absolute atomic E-state index is 0.317. The summed E-state index contributed by atoms with van der Waals surface area (Å²) in [6, 6.07) is 4.98. The van der Waals surface area contributed by atoms with Crippen molar-refractivity contribution in [1.82, 2.24) is 4.98 Å². The van der Waals surface area contributed by atoms with Gasteiger partial charge in [0, 0.05) is 5.38 Å². The van der Waals surface area contributed by atoms with Gasteiger partial charge in [0.25, 0.3) is 0 Å². The van der Waals surface area contributed by atoms with E-state index in [1.165, 1.54) is 18.3 Å². The number of nitrogens with zero attached hydrogens (tertiary/aromatic N) is 2. The molecule has 0 amide bonds. The van der Waals surface area contributed by atoms with Crippen molar-refractivity contribution in [2.45, 2.75) is 20.0 Å². The topological polar surface area (TPSA) is 83.8 Å². The Balaban J connectivity index is 2.01. The summed E-state index contributed by atoms with van der Waals surface area (Å²) in [5.74, 6) is -0.734. The minimum Gasteiger partial charge on any atom is -0.479 e. The number of hydrazone groups is 1. The number of ether oxygens (including phenoxy) is 1. The van der Waals surface area contributed by atoms with Gasteiger partial charge in [-0.05, 0) is 37.6 Å². The van der Waals surface area contributed by atoms with E-state index >= 15 is 0 Å². The van der Waals surface area contributed by atoms with Gasteiger partial charge in [-0.2, -0.15) is 5.10 Å². The Kier molecular flexibility index (Phi) is 5.35. The van der Waals surface area contributed by atoms with E-state index in [0.29, 0.717) is 15.9 Å². The molecule has 1 atom stereocenters. The Morgan fingerprint density at radius 2 is 2.36 bits per heavy atom. The molecule has 22 heavy (non-hydrogen) atoms. The molecule has 2 rings (SSSR count). The van der Waals surface area contributed by atoms with Crippen LogP contribution in [0, 0.1) is 6.92 Å². The highest BCUT2D eigenvalue weighted by Gasteiger charge is 2.14. The molecule has 2 aromatic rings. The molecule has 2 N–H and O–H groups in total. The number of rotatable bonds is 6. The fourth-order valence-electron chi connectivity index (χ4n) is 1.50. The van der Waals surface area contributed by atoms with Crippen LogP contribution < -0.4 is 10.2 Å². The van der Waals surface area contributed by atoms with E-state index in [-0.39, 0.29) is 0 Å². The number of aromatic nitrogens is 1. The highest BCUT2D eigenvalue weighted by atomic mass is 35.5. The molecular formula is C14H14ClN3O3S. The first-order chi connectivity index (χ1) is 10.5. The molecule has 0 aliphatic rings. The first kappa shape index (κ1) is 16.3. The zero-order chi connectivity index (χ0) is 16.1. The molecule has 1 unspecified atom stereocenters. The lowest BCUT2D eigenvalue weighted by Gasteiger charge is -2.11. The van der Waals surface area contributed by atoms with Crippen LogP contribution in [-0.2, 0) is 4.79 Å². The van der Waals surface area contributed by atoms with Crippen molar-refractivity contribution in [2.24, 2.45) is 5.10 Å². The van der Waals surface area contributed by atoms with Crippen molar-refractivity contribution in [2.75, 3.05) is 5.43 Å². The molecule has 0 saturated carbocycles. The number of nitrogens with one attached hydrogen (secondary N) is 1. The van der Waals surface area contributed by atoms with E-state index < -0.39 is 12.1 Å². The number of thiazole rings is 1. The second kappa shape index (κ2) is 7.24. The third kappa shape index (κ3) is 4.44. The van der Waals surface area contributed by atoms with Gasteiger partial charge >= 0.3 is 5.97 Å². The van der Waals surface area contributed by atoms with Gasteiger partial charge in [-0.15, -0.1) is 11.3 Å². The molecule has 8 heteroatoms. The number of aryl methyl sites for hydroxylation is 1. The maximum absolute atomic E-state index is 10.8. The number of carboxylic acid groups (broad SMARTS) is 1. The zero-order valence-electron chi connectivity index (χ0n) is 11.9. The lowest BCUT2D eigenvalue weighted by Crippen LogP contribution is -2.23. The van der Waals surface area contributed by atoms with Crippen LogP contribution in [0.4, 0.5) is 5.13 Å². The molecular weight excluding hydrogens is 326 g/mol. The van der Waals surface area contributed by atoms with Gasteiger partial charge in [0.2, 0.25) is 5.13 Å². The van der Waals surface area contributed by atoms with Crippen molar-refractivity contribution in [3.63, 3.8) is 0 Å². The number of hydrogen-bond acceptors (Lipinski definition) is 6. The molecule has 0 fully saturated rings. The maximum Gasteiger partial charge on any atom is 0.344 e. The number of carboxylic acids is 1. The Hall–Kier alpha value is -2.12. The second-order valence-electron chi connectivity index (χ2n) is 4.45. The van der Waals surface area contributed by atoms with Crippen molar-refractivity contribution < 1.29 is 14.6 Å². The summed E-state index contributed by atoms with van der Waals surface area (Å²) in [6.07, 6.45) is 0.624. The monoisotopic (exact) mass is 339 g/mol. The molecule has 0 aliphatic heterocycles. The predicted octanol–water partition coefficient (Wildman–Crippen LogP) is 3.40. The summed E-state index contributed by atoms with van der Waals surface area (Å²) < 4.78 is 5.24. The Morgan fingerprint density at radius 3 is 2.95 bits per heavy atom. The second-order valence-corrected chi connectivity index (χ2v) is 5.72. The molecule has 0 spiro atoms. The number of hydrogen-bond donors (Lipinski definition) is 2. The molecule has 1 aromatic carbocycles. The average molecular weight is 340 g/mol. The third-order valence-electron chi connectivity index (χ3n) is 2.60. The van der Waals surface area contributed by atoms with Crippen LogP contribution in [0.25, 0.3) is 0 Å². The van der Waals surface area contributed by atoms with Crippen LogP contribution in [-0.4, -0.2) is 28.4 Å².